The molecule has 0 amide bonds. The van der Waals surface area contributed by atoms with Crippen molar-refractivity contribution in [2.24, 2.45) is 0 Å². The van der Waals surface area contributed by atoms with Gasteiger partial charge in [0.05, 0.1) is 28.5 Å². The van der Waals surface area contributed by atoms with Crippen molar-refractivity contribution in [2.75, 3.05) is 7.05 Å². The Labute approximate surface area is 128 Å². The Morgan fingerprint density at radius 1 is 1.33 bits per heavy atom. The van der Waals surface area contributed by atoms with E-state index in [9.17, 15) is 0 Å². The maximum atomic E-state index is 6.33. The Kier molecular flexibility index (Phi) is 3.90. The highest BCUT2D eigenvalue weighted by atomic mass is 35.5. The summed E-state index contributed by atoms with van der Waals surface area (Å²) < 4.78 is 1.93. The maximum Gasteiger partial charge on any atom is 0.0837 e. The zero-order valence-electron chi connectivity index (χ0n) is 12.0. The molecule has 0 fully saturated rings. The van der Waals surface area contributed by atoms with Crippen LogP contribution >= 0.6 is 11.6 Å². The number of benzene rings is 1. The average molecular weight is 301 g/mol. The SMILES string of the molecule is CCn1ncc(Cl)c1C(NC)c1ccc2ncccc2c1. The van der Waals surface area contributed by atoms with Crippen LogP contribution in [0.4, 0.5) is 0 Å². The number of rotatable bonds is 4. The molecule has 0 spiro atoms. The number of hydrogen-bond acceptors (Lipinski definition) is 3. The number of nitrogens with one attached hydrogen (secondary N) is 1. The van der Waals surface area contributed by atoms with Gasteiger partial charge in [0.2, 0.25) is 0 Å². The van der Waals surface area contributed by atoms with Gasteiger partial charge in [-0.3, -0.25) is 9.67 Å². The maximum absolute atomic E-state index is 6.33. The predicted octanol–water partition coefficient (Wildman–Crippen LogP) is 3.41. The molecule has 0 aliphatic rings. The Balaban J connectivity index is 2.11. The first-order valence-corrected chi connectivity index (χ1v) is 7.35. The van der Waals surface area contributed by atoms with E-state index in [2.05, 4.69) is 40.5 Å². The Hall–Kier alpha value is -1.91. The monoisotopic (exact) mass is 300 g/mol. The molecule has 108 valence electrons. The molecule has 1 N–H and O–H groups in total. The van der Waals surface area contributed by atoms with Crippen LogP contribution in [0.15, 0.2) is 42.7 Å². The van der Waals surface area contributed by atoms with Gasteiger partial charge < -0.3 is 5.32 Å². The number of nitrogens with zero attached hydrogens (tertiary/aromatic N) is 3. The van der Waals surface area contributed by atoms with E-state index in [1.807, 2.05) is 23.9 Å². The lowest BCUT2D eigenvalue weighted by Gasteiger charge is -2.19. The van der Waals surface area contributed by atoms with Crippen LogP contribution in [0.25, 0.3) is 10.9 Å². The van der Waals surface area contributed by atoms with Gasteiger partial charge in [-0.1, -0.05) is 23.7 Å². The van der Waals surface area contributed by atoms with Crippen molar-refractivity contribution in [1.82, 2.24) is 20.1 Å². The van der Waals surface area contributed by atoms with Crippen LogP contribution in [0, 0.1) is 0 Å². The van der Waals surface area contributed by atoms with E-state index in [0.717, 1.165) is 28.7 Å². The highest BCUT2D eigenvalue weighted by Crippen LogP contribution is 2.29. The van der Waals surface area contributed by atoms with Crippen molar-refractivity contribution in [2.45, 2.75) is 19.5 Å². The fourth-order valence-electron chi connectivity index (χ4n) is 2.65. The zero-order valence-corrected chi connectivity index (χ0v) is 12.8. The van der Waals surface area contributed by atoms with Gasteiger partial charge in [-0.15, -0.1) is 0 Å². The molecule has 0 radical (unpaired) electrons. The molecule has 2 aromatic heterocycles. The van der Waals surface area contributed by atoms with Gasteiger partial charge in [0.25, 0.3) is 0 Å². The average Bonchev–Trinajstić information content (AvgIpc) is 2.89. The molecular weight excluding hydrogens is 284 g/mol. The van der Waals surface area contributed by atoms with Gasteiger partial charge in [0.15, 0.2) is 0 Å². The Morgan fingerprint density at radius 2 is 2.19 bits per heavy atom. The van der Waals surface area contributed by atoms with E-state index in [0.29, 0.717) is 5.02 Å². The number of aryl methyl sites for hydroxylation is 1. The standard InChI is InChI=1S/C16H17ClN4/c1-3-21-16(13(17)10-20-21)15(18-2)12-6-7-14-11(9-12)5-4-8-19-14/h4-10,15,18H,3H2,1-2H3. The van der Waals surface area contributed by atoms with Crippen LogP contribution in [0.5, 0.6) is 0 Å². The van der Waals surface area contributed by atoms with Crippen LogP contribution in [-0.2, 0) is 6.54 Å². The van der Waals surface area contributed by atoms with E-state index in [1.54, 1.807) is 12.4 Å². The fraction of sp³-hybridized carbons (Fsp3) is 0.250. The number of fused-ring (bicyclic) bond motifs is 1. The molecule has 0 aliphatic carbocycles. The molecule has 21 heavy (non-hydrogen) atoms. The van der Waals surface area contributed by atoms with Gasteiger partial charge in [-0.05, 0) is 37.7 Å². The van der Waals surface area contributed by atoms with Crippen LogP contribution in [0.2, 0.25) is 5.02 Å². The smallest absolute Gasteiger partial charge is 0.0837 e. The normalized spacial score (nSPS) is 12.7. The van der Waals surface area contributed by atoms with Gasteiger partial charge in [-0.25, -0.2) is 0 Å². The molecule has 0 saturated heterocycles. The van der Waals surface area contributed by atoms with Crippen molar-refractivity contribution >= 4 is 22.5 Å². The molecule has 0 bridgehead atoms. The molecule has 5 heteroatoms. The van der Waals surface area contributed by atoms with E-state index >= 15 is 0 Å². The number of hydrogen-bond donors (Lipinski definition) is 1. The van der Waals surface area contributed by atoms with Gasteiger partial charge >= 0.3 is 0 Å². The molecule has 0 saturated carbocycles. The van der Waals surface area contributed by atoms with Gasteiger partial charge in [-0.2, -0.15) is 5.10 Å². The molecule has 1 aromatic carbocycles. The molecule has 4 nitrogen and oxygen atoms in total. The second-order valence-corrected chi connectivity index (χ2v) is 5.28. The Bertz CT molecular complexity index is 766. The third-order valence-corrected chi connectivity index (χ3v) is 3.95. The summed E-state index contributed by atoms with van der Waals surface area (Å²) in [6.07, 6.45) is 3.51. The second kappa shape index (κ2) is 5.84. The van der Waals surface area contributed by atoms with E-state index in [1.165, 1.54) is 0 Å². The molecule has 3 rings (SSSR count). The minimum Gasteiger partial charge on any atom is -0.308 e. The summed E-state index contributed by atoms with van der Waals surface area (Å²) in [7, 11) is 1.93. The van der Waals surface area contributed by atoms with E-state index in [-0.39, 0.29) is 6.04 Å². The largest absolute Gasteiger partial charge is 0.308 e. The minimum atomic E-state index is 0.00422. The molecule has 0 aliphatic heterocycles. The number of aromatic nitrogens is 3. The van der Waals surface area contributed by atoms with Crippen LogP contribution in [0.1, 0.15) is 24.2 Å². The zero-order chi connectivity index (χ0) is 14.8. The first-order valence-electron chi connectivity index (χ1n) is 6.97. The highest BCUT2D eigenvalue weighted by Gasteiger charge is 2.20. The lowest BCUT2D eigenvalue weighted by molar-refractivity contribution is 0.563. The quantitative estimate of drug-likeness (QED) is 0.803. The summed E-state index contributed by atoms with van der Waals surface area (Å²) >= 11 is 6.33. The second-order valence-electron chi connectivity index (χ2n) is 4.87. The first-order chi connectivity index (χ1) is 10.2. The fourth-order valence-corrected chi connectivity index (χ4v) is 2.90. The highest BCUT2D eigenvalue weighted by molar-refractivity contribution is 6.31. The molecule has 1 atom stereocenters. The summed E-state index contributed by atoms with van der Waals surface area (Å²) in [5.41, 5.74) is 3.13. The topological polar surface area (TPSA) is 42.7 Å². The van der Waals surface area contributed by atoms with Crippen molar-refractivity contribution in [1.29, 1.82) is 0 Å². The van der Waals surface area contributed by atoms with Crippen molar-refractivity contribution in [3.8, 4) is 0 Å². The van der Waals surface area contributed by atoms with Crippen LogP contribution in [-0.4, -0.2) is 21.8 Å². The van der Waals surface area contributed by atoms with E-state index < -0.39 is 0 Å². The van der Waals surface area contributed by atoms with Gasteiger partial charge in [0.1, 0.15) is 0 Å². The molecule has 3 aromatic rings. The molecular formula is C16H17ClN4. The summed E-state index contributed by atoms with van der Waals surface area (Å²) in [4.78, 5) is 4.36. The Morgan fingerprint density at radius 3 is 2.95 bits per heavy atom. The summed E-state index contributed by atoms with van der Waals surface area (Å²) in [6, 6.07) is 10.3. The molecule has 2 heterocycles. The number of pyridine rings is 1. The summed E-state index contributed by atoms with van der Waals surface area (Å²) in [5.74, 6) is 0. The van der Waals surface area contributed by atoms with Crippen molar-refractivity contribution in [3.05, 3.63) is 59.0 Å². The third kappa shape index (κ3) is 2.52. The van der Waals surface area contributed by atoms with Gasteiger partial charge in [0, 0.05) is 18.1 Å². The summed E-state index contributed by atoms with van der Waals surface area (Å²) in [6.45, 7) is 2.85. The van der Waals surface area contributed by atoms with E-state index in [4.69, 9.17) is 11.6 Å². The lowest BCUT2D eigenvalue weighted by atomic mass is 10.0. The predicted molar refractivity (Wildman–Crippen MR) is 85.6 cm³/mol. The van der Waals surface area contributed by atoms with Crippen molar-refractivity contribution in [3.63, 3.8) is 0 Å². The first kappa shape index (κ1) is 14.0. The molecule has 1 unspecified atom stereocenters. The third-order valence-electron chi connectivity index (χ3n) is 3.66. The van der Waals surface area contributed by atoms with Crippen LogP contribution in [0.3, 0.4) is 0 Å². The summed E-state index contributed by atoms with van der Waals surface area (Å²) in [5, 5.41) is 9.46. The lowest BCUT2D eigenvalue weighted by Crippen LogP contribution is -2.21. The minimum absolute atomic E-state index is 0.00422. The number of halogens is 1. The van der Waals surface area contributed by atoms with Crippen LogP contribution < -0.4 is 5.32 Å². The van der Waals surface area contributed by atoms with Crippen molar-refractivity contribution < 1.29 is 0 Å².